The molecule has 0 aliphatic rings. The van der Waals surface area contributed by atoms with E-state index in [1.54, 1.807) is 0 Å². The Morgan fingerprint density at radius 2 is 2.27 bits per heavy atom. The van der Waals surface area contributed by atoms with Crippen LogP contribution < -0.4 is 4.74 Å². The summed E-state index contributed by atoms with van der Waals surface area (Å²) in [6, 6.07) is 2.53. The molecule has 15 heavy (non-hydrogen) atoms. The molecule has 1 aromatic rings. The SMILES string of the molecule is COc1c(F)ccc(/C=C/C(=O)O)c1Cl. The van der Waals surface area contributed by atoms with Gasteiger partial charge in [-0.15, -0.1) is 0 Å². The molecule has 80 valence electrons. The first-order valence-corrected chi connectivity index (χ1v) is 4.37. The zero-order valence-corrected chi connectivity index (χ0v) is 8.58. The van der Waals surface area contributed by atoms with E-state index < -0.39 is 11.8 Å². The average molecular weight is 231 g/mol. The molecule has 0 fully saturated rings. The first-order valence-electron chi connectivity index (χ1n) is 3.99. The zero-order valence-electron chi connectivity index (χ0n) is 7.83. The monoisotopic (exact) mass is 230 g/mol. The van der Waals surface area contributed by atoms with Gasteiger partial charge in [0, 0.05) is 6.08 Å². The Labute approximate surface area is 90.7 Å². The Hall–Kier alpha value is -1.55. The zero-order chi connectivity index (χ0) is 11.4. The van der Waals surface area contributed by atoms with Gasteiger partial charge in [-0.05, 0) is 17.7 Å². The highest BCUT2D eigenvalue weighted by Crippen LogP contribution is 2.31. The summed E-state index contributed by atoms with van der Waals surface area (Å²) < 4.78 is 17.8. The summed E-state index contributed by atoms with van der Waals surface area (Å²) in [5, 5.41) is 8.46. The number of benzene rings is 1. The van der Waals surface area contributed by atoms with Crippen molar-refractivity contribution in [3.8, 4) is 5.75 Å². The van der Waals surface area contributed by atoms with Gasteiger partial charge in [-0.1, -0.05) is 17.7 Å². The largest absolute Gasteiger partial charge is 0.492 e. The minimum absolute atomic E-state index is 0.0509. The molecule has 0 aliphatic carbocycles. The van der Waals surface area contributed by atoms with Crippen LogP contribution in [0.2, 0.25) is 5.02 Å². The van der Waals surface area contributed by atoms with E-state index in [9.17, 15) is 9.18 Å². The predicted molar refractivity (Wildman–Crippen MR) is 54.6 cm³/mol. The van der Waals surface area contributed by atoms with E-state index in [0.717, 1.165) is 12.1 Å². The van der Waals surface area contributed by atoms with E-state index in [-0.39, 0.29) is 10.8 Å². The van der Waals surface area contributed by atoms with E-state index in [1.165, 1.54) is 19.3 Å². The predicted octanol–water partition coefficient (Wildman–Crippen LogP) is 2.59. The van der Waals surface area contributed by atoms with Crippen LogP contribution in [0.1, 0.15) is 5.56 Å². The van der Waals surface area contributed by atoms with Crippen LogP contribution in [0.3, 0.4) is 0 Å². The number of aliphatic carboxylic acids is 1. The number of carboxylic acids is 1. The molecule has 0 aromatic heterocycles. The molecule has 1 aromatic carbocycles. The van der Waals surface area contributed by atoms with Crippen molar-refractivity contribution in [3.05, 3.63) is 34.6 Å². The summed E-state index contributed by atoms with van der Waals surface area (Å²) in [4.78, 5) is 10.3. The number of hydrogen-bond acceptors (Lipinski definition) is 2. The van der Waals surface area contributed by atoms with Crippen molar-refractivity contribution in [3.63, 3.8) is 0 Å². The Morgan fingerprint density at radius 3 is 2.80 bits per heavy atom. The number of methoxy groups -OCH3 is 1. The lowest BCUT2D eigenvalue weighted by Gasteiger charge is -2.06. The van der Waals surface area contributed by atoms with Crippen LogP contribution in [0.15, 0.2) is 18.2 Å². The van der Waals surface area contributed by atoms with Gasteiger partial charge in [0.15, 0.2) is 11.6 Å². The first-order chi connectivity index (χ1) is 7.06. The summed E-state index contributed by atoms with van der Waals surface area (Å²) in [6.07, 6.45) is 2.19. The van der Waals surface area contributed by atoms with Crippen molar-refractivity contribution in [1.29, 1.82) is 0 Å². The summed E-state index contributed by atoms with van der Waals surface area (Å²) in [6.45, 7) is 0. The maximum Gasteiger partial charge on any atom is 0.328 e. The summed E-state index contributed by atoms with van der Waals surface area (Å²) >= 11 is 5.79. The van der Waals surface area contributed by atoms with E-state index in [1.807, 2.05) is 0 Å². The number of carbonyl (C=O) groups is 1. The lowest BCUT2D eigenvalue weighted by molar-refractivity contribution is -0.131. The van der Waals surface area contributed by atoms with Crippen molar-refractivity contribution >= 4 is 23.6 Å². The molecule has 0 atom stereocenters. The molecule has 1 rings (SSSR count). The quantitative estimate of drug-likeness (QED) is 0.812. The Balaban J connectivity index is 3.16. The van der Waals surface area contributed by atoms with Crippen molar-refractivity contribution < 1.29 is 19.0 Å². The number of ether oxygens (including phenoxy) is 1. The molecule has 0 unspecified atom stereocenters. The Kier molecular flexibility index (Phi) is 3.68. The smallest absolute Gasteiger partial charge is 0.328 e. The fourth-order valence-corrected chi connectivity index (χ4v) is 1.32. The molecule has 0 bridgehead atoms. The fraction of sp³-hybridized carbons (Fsp3) is 0.100. The second kappa shape index (κ2) is 4.79. The lowest BCUT2D eigenvalue weighted by Crippen LogP contribution is -1.92. The highest BCUT2D eigenvalue weighted by Gasteiger charge is 2.10. The van der Waals surface area contributed by atoms with Crippen molar-refractivity contribution in [2.45, 2.75) is 0 Å². The highest BCUT2D eigenvalue weighted by molar-refractivity contribution is 6.33. The van der Waals surface area contributed by atoms with Crippen molar-refractivity contribution in [1.82, 2.24) is 0 Å². The van der Waals surface area contributed by atoms with Gasteiger partial charge in [-0.3, -0.25) is 0 Å². The standard InChI is InChI=1S/C10H8ClFO3/c1-15-10-7(12)4-2-6(9(10)11)3-5-8(13)14/h2-5H,1H3,(H,13,14)/b5-3+. The van der Waals surface area contributed by atoms with Gasteiger partial charge < -0.3 is 9.84 Å². The summed E-state index contributed by atoms with van der Waals surface area (Å²) in [7, 11) is 1.29. The topological polar surface area (TPSA) is 46.5 Å². The number of halogens is 2. The lowest BCUT2D eigenvalue weighted by atomic mass is 10.2. The normalized spacial score (nSPS) is 10.6. The second-order valence-corrected chi connectivity index (χ2v) is 3.03. The molecular formula is C10H8ClFO3. The van der Waals surface area contributed by atoms with Gasteiger partial charge in [-0.2, -0.15) is 0 Å². The van der Waals surface area contributed by atoms with Gasteiger partial charge in [0.05, 0.1) is 12.1 Å². The average Bonchev–Trinajstić information content (AvgIpc) is 2.17. The van der Waals surface area contributed by atoms with Crippen LogP contribution in [-0.2, 0) is 4.79 Å². The van der Waals surface area contributed by atoms with Crippen LogP contribution in [-0.4, -0.2) is 18.2 Å². The third-order valence-electron chi connectivity index (χ3n) is 1.69. The van der Waals surface area contributed by atoms with Crippen LogP contribution in [0, 0.1) is 5.82 Å². The molecule has 0 aliphatic heterocycles. The van der Waals surface area contributed by atoms with Crippen molar-refractivity contribution in [2.75, 3.05) is 7.11 Å². The fourth-order valence-electron chi connectivity index (χ4n) is 1.02. The molecule has 0 saturated carbocycles. The van der Waals surface area contributed by atoms with Crippen LogP contribution >= 0.6 is 11.6 Å². The van der Waals surface area contributed by atoms with Gasteiger partial charge in [0.25, 0.3) is 0 Å². The molecule has 0 radical (unpaired) electrons. The Morgan fingerprint density at radius 1 is 1.60 bits per heavy atom. The molecule has 0 heterocycles. The minimum atomic E-state index is -1.10. The van der Waals surface area contributed by atoms with Gasteiger partial charge in [0.1, 0.15) is 0 Å². The number of rotatable bonds is 3. The van der Waals surface area contributed by atoms with Gasteiger partial charge in [-0.25, -0.2) is 9.18 Å². The second-order valence-electron chi connectivity index (χ2n) is 2.66. The van der Waals surface area contributed by atoms with E-state index >= 15 is 0 Å². The molecule has 5 heteroatoms. The van der Waals surface area contributed by atoms with E-state index in [2.05, 4.69) is 0 Å². The molecule has 3 nitrogen and oxygen atoms in total. The van der Waals surface area contributed by atoms with Crippen molar-refractivity contribution in [2.24, 2.45) is 0 Å². The minimum Gasteiger partial charge on any atom is -0.492 e. The Bertz CT molecular complexity index is 415. The third kappa shape index (κ3) is 2.70. The number of carboxylic acid groups (broad SMARTS) is 1. The molecule has 1 N–H and O–H groups in total. The maximum absolute atomic E-state index is 13.1. The molecule has 0 amide bonds. The number of hydrogen-bond donors (Lipinski definition) is 1. The third-order valence-corrected chi connectivity index (χ3v) is 2.08. The summed E-state index contributed by atoms with van der Waals surface area (Å²) in [5.74, 6) is -1.78. The first kappa shape index (κ1) is 11.5. The maximum atomic E-state index is 13.1. The molecular weight excluding hydrogens is 223 g/mol. The molecule has 0 spiro atoms. The van der Waals surface area contributed by atoms with Crippen LogP contribution in [0.4, 0.5) is 4.39 Å². The van der Waals surface area contributed by atoms with E-state index in [4.69, 9.17) is 21.4 Å². The summed E-state index contributed by atoms with van der Waals surface area (Å²) in [5.41, 5.74) is 0.386. The van der Waals surface area contributed by atoms with Crippen LogP contribution in [0.25, 0.3) is 6.08 Å². The van der Waals surface area contributed by atoms with Crippen LogP contribution in [0.5, 0.6) is 5.75 Å². The van der Waals surface area contributed by atoms with E-state index in [0.29, 0.717) is 5.56 Å². The highest BCUT2D eigenvalue weighted by atomic mass is 35.5. The van der Waals surface area contributed by atoms with Gasteiger partial charge in [0.2, 0.25) is 0 Å². The van der Waals surface area contributed by atoms with Gasteiger partial charge >= 0.3 is 5.97 Å². The molecule has 0 saturated heterocycles.